The molecule has 2 aliphatic heterocycles. The zero-order chi connectivity index (χ0) is 16.6. The lowest BCUT2D eigenvalue weighted by Crippen LogP contribution is -2.61. The van der Waals surface area contributed by atoms with Gasteiger partial charge in [-0.3, -0.25) is 4.79 Å². The van der Waals surface area contributed by atoms with Gasteiger partial charge >= 0.3 is 0 Å². The maximum atomic E-state index is 13.8. The molecule has 1 aromatic carbocycles. The summed E-state index contributed by atoms with van der Waals surface area (Å²) in [5.41, 5.74) is 0.00795. The van der Waals surface area contributed by atoms with E-state index >= 15 is 0 Å². The third kappa shape index (κ3) is 3.24. The summed E-state index contributed by atoms with van der Waals surface area (Å²) in [6.45, 7) is 1.27. The van der Waals surface area contributed by atoms with Gasteiger partial charge in [0.15, 0.2) is 0 Å². The molecule has 2 fully saturated rings. The highest BCUT2D eigenvalue weighted by molar-refractivity contribution is 7.88. The van der Waals surface area contributed by atoms with Crippen LogP contribution in [0.5, 0.6) is 0 Å². The average molecular weight is 342 g/mol. The summed E-state index contributed by atoms with van der Waals surface area (Å²) in [4.78, 5) is 14.0. The molecule has 23 heavy (non-hydrogen) atoms. The Kier molecular flexibility index (Phi) is 4.39. The number of halogens is 1. The van der Waals surface area contributed by atoms with E-state index in [2.05, 4.69) is 0 Å². The number of piperidine rings is 1. The molecule has 2 saturated heterocycles. The van der Waals surface area contributed by atoms with E-state index in [1.54, 1.807) is 6.07 Å². The summed E-state index contributed by atoms with van der Waals surface area (Å²) < 4.78 is 44.8. The minimum absolute atomic E-state index is 0.00795. The highest BCUT2D eigenvalue weighted by atomic mass is 32.2. The lowest BCUT2D eigenvalue weighted by molar-refractivity contribution is -0.0704. The van der Waals surface area contributed by atoms with Crippen molar-refractivity contribution in [2.24, 2.45) is 0 Å². The van der Waals surface area contributed by atoms with Gasteiger partial charge in [0.05, 0.1) is 30.6 Å². The van der Waals surface area contributed by atoms with Crippen molar-refractivity contribution in [2.75, 3.05) is 32.5 Å². The number of carbonyl (C=O) groups is 1. The Morgan fingerprint density at radius 2 is 2.04 bits per heavy atom. The minimum Gasteiger partial charge on any atom is -0.375 e. The van der Waals surface area contributed by atoms with Crippen LogP contribution in [0.3, 0.4) is 0 Å². The molecular formula is C15H19FN2O4S. The van der Waals surface area contributed by atoms with Crippen LogP contribution in [0.1, 0.15) is 16.8 Å². The van der Waals surface area contributed by atoms with E-state index in [0.717, 1.165) is 6.26 Å². The predicted octanol–water partition coefficient (Wildman–Crippen LogP) is 0.701. The summed E-state index contributed by atoms with van der Waals surface area (Å²) in [6, 6.07) is 5.40. The van der Waals surface area contributed by atoms with Crippen molar-refractivity contribution in [3.8, 4) is 0 Å². The monoisotopic (exact) mass is 342 g/mol. The average Bonchev–Trinajstić information content (AvgIpc) is 2.52. The first-order valence-corrected chi connectivity index (χ1v) is 9.35. The van der Waals surface area contributed by atoms with Gasteiger partial charge in [0.25, 0.3) is 5.91 Å². The lowest BCUT2D eigenvalue weighted by Gasteiger charge is -2.45. The molecule has 126 valence electrons. The van der Waals surface area contributed by atoms with Gasteiger partial charge in [-0.25, -0.2) is 12.8 Å². The van der Waals surface area contributed by atoms with Crippen molar-refractivity contribution in [1.29, 1.82) is 0 Å². The molecule has 2 aliphatic rings. The SMILES string of the molecule is CS(=O)(=O)N1CCO[C@H]2CCN(C(=O)c3ccccc3F)C[C@@H]21. The van der Waals surface area contributed by atoms with Crippen LogP contribution in [0.4, 0.5) is 4.39 Å². The molecule has 0 spiro atoms. The molecule has 2 heterocycles. The van der Waals surface area contributed by atoms with Crippen LogP contribution in [0.2, 0.25) is 0 Å². The number of amides is 1. The first-order chi connectivity index (χ1) is 10.9. The number of hydrogen-bond acceptors (Lipinski definition) is 4. The number of hydrogen-bond donors (Lipinski definition) is 0. The Morgan fingerprint density at radius 1 is 1.30 bits per heavy atom. The number of sulfonamides is 1. The van der Waals surface area contributed by atoms with E-state index in [-0.39, 0.29) is 24.8 Å². The Labute approximate surface area is 134 Å². The molecule has 0 radical (unpaired) electrons. The van der Waals surface area contributed by atoms with Gasteiger partial charge in [-0.1, -0.05) is 12.1 Å². The van der Waals surface area contributed by atoms with Crippen molar-refractivity contribution in [3.05, 3.63) is 35.6 Å². The molecule has 6 nitrogen and oxygen atoms in total. The molecule has 1 amide bonds. The van der Waals surface area contributed by atoms with Gasteiger partial charge in [-0.2, -0.15) is 4.31 Å². The maximum Gasteiger partial charge on any atom is 0.256 e. The highest BCUT2D eigenvalue weighted by Crippen LogP contribution is 2.26. The van der Waals surface area contributed by atoms with Crippen LogP contribution in [0.25, 0.3) is 0 Å². The Balaban J connectivity index is 1.82. The maximum absolute atomic E-state index is 13.8. The normalized spacial score (nSPS) is 25.9. The number of carbonyl (C=O) groups excluding carboxylic acids is 1. The van der Waals surface area contributed by atoms with Crippen LogP contribution in [0.15, 0.2) is 24.3 Å². The summed E-state index contributed by atoms with van der Waals surface area (Å²) >= 11 is 0. The smallest absolute Gasteiger partial charge is 0.256 e. The van der Waals surface area contributed by atoms with Crippen molar-refractivity contribution >= 4 is 15.9 Å². The van der Waals surface area contributed by atoms with Crippen LogP contribution in [-0.2, 0) is 14.8 Å². The summed E-state index contributed by atoms with van der Waals surface area (Å²) in [5.74, 6) is -0.986. The summed E-state index contributed by atoms with van der Waals surface area (Å²) in [6.07, 6.45) is 1.48. The first-order valence-electron chi connectivity index (χ1n) is 7.50. The number of likely N-dealkylation sites (tertiary alicyclic amines) is 1. The molecule has 1 aromatic rings. The zero-order valence-corrected chi connectivity index (χ0v) is 13.6. The van der Waals surface area contributed by atoms with Crippen molar-refractivity contribution < 1.29 is 22.3 Å². The molecule has 0 aromatic heterocycles. The summed E-state index contributed by atoms with van der Waals surface area (Å²) in [7, 11) is -3.38. The molecule has 0 saturated carbocycles. The Morgan fingerprint density at radius 3 is 2.74 bits per heavy atom. The third-order valence-electron chi connectivity index (χ3n) is 4.35. The summed E-state index contributed by atoms with van der Waals surface area (Å²) in [5, 5.41) is 0. The third-order valence-corrected chi connectivity index (χ3v) is 5.66. The van der Waals surface area contributed by atoms with E-state index in [9.17, 15) is 17.6 Å². The van der Waals surface area contributed by atoms with Crippen LogP contribution in [-0.4, -0.2) is 68.2 Å². The fraction of sp³-hybridized carbons (Fsp3) is 0.533. The Bertz CT molecular complexity index is 709. The van der Waals surface area contributed by atoms with Gasteiger partial charge in [0.2, 0.25) is 10.0 Å². The van der Waals surface area contributed by atoms with Crippen LogP contribution in [0, 0.1) is 5.82 Å². The number of fused-ring (bicyclic) bond motifs is 1. The topological polar surface area (TPSA) is 66.9 Å². The first kappa shape index (κ1) is 16.4. The van der Waals surface area contributed by atoms with Crippen LogP contribution < -0.4 is 0 Å². The molecule has 0 bridgehead atoms. The molecule has 8 heteroatoms. The van der Waals surface area contributed by atoms with E-state index in [1.165, 1.54) is 27.4 Å². The van der Waals surface area contributed by atoms with Crippen molar-refractivity contribution in [1.82, 2.24) is 9.21 Å². The molecular weight excluding hydrogens is 323 g/mol. The highest BCUT2D eigenvalue weighted by Gasteiger charge is 2.42. The number of morpholine rings is 1. The van der Waals surface area contributed by atoms with E-state index in [1.807, 2.05) is 0 Å². The fourth-order valence-corrected chi connectivity index (χ4v) is 4.34. The van der Waals surface area contributed by atoms with Gasteiger partial charge in [-0.05, 0) is 18.6 Å². The van der Waals surface area contributed by atoms with E-state index in [0.29, 0.717) is 19.6 Å². The van der Waals surface area contributed by atoms with Gasteiger partial charge in [-0.15, -0.1) is 0 Å². The van der Waals surface area contributed by atoms with Gasteiger partial charge < -0.3 is 9.64 Å². The van der Waals surface area contributed by atoms with Gasteiger partial charge in [0, 0.05) is 19.6 Å². The lowest BCUT2D eigenvalue weighted by atomic mass is 9.99. The van der Waals surface area contributed by atoms with E-state index < -0.39 is 27.8 Å². The van der Waals surface area contributed by atoms with Gasteiger partial charge in [0.1, 0.15) is 5.82 Å². The van der Waals surface area contributed by atoms with E-state index in [4.69, 9.17) is 4.74 Å². The van der Waals surface area contributed by atoms with Crippen molar-refractivity contribution in [3.63, 3.8) is 0 Å². The molecule has 2 atom stereocenters. The fourth-order valence-electron chi connectivity index (χ4n) is 3.24. The number of ether oxygens (including phenoxy) is 1. The molecule has 3 rings (SSSR count). The second-order valence-corrected chi connectivity index (χ2v) is 7.81. The minimum atomic E-state index is -3.38. The quantitative estimate of drug-likeness (QED) is 0.794. The number of nitrogens with zero attached hydrogens (tertiary/aromatic N) is 2. The predicted molar refractivity (Wildman–Crippen MR) is 82.0 cm³/mol. The molecule has 0 unspecified atom stereocenters. The second-order valence-electron chi connectivity index (χ2n) is 5.87. The number of rotatable bonds is 2. The van der Waals surface area contributed by atoms with Crippen LogP contribution >= 0.6 is 0 Å². The zero-order valence-electron chi connectivity index (χ0n) is 12.8. The second kappa shape index (κ2) is 6.18. The van der Waals surface area contributed by atoms with Crippen molar-refractivity contribution in [2.45, 2.75) is 18.6 Å². The molecule has 0 aliphatic carbocycles. The largest absolute Gasteiger partial charge is 0.375 e. The molecule has 0 N–H and O–H groups in total. The standard InChI is InChI=1S/C15H19FN2O4S/c1-23(20,21)18-8-9-22-14-6-7-17(10-13(14)18)15(19)11-4-2-3-5-12(11)16/h2-5,13-14H,6-10H2,1H3/t13-,14-/m0/s1. The number of benzene rings is 1. The Hall–Kier alpha value is -1.51.